The average molecular weight is 291 g/mol. The second-order valence-corrected chi connectivity index (χ2v) is 6.32. The summed E-state index contributed by atoms with van der Waals surface area (Å²) in [5.41, 5.74) is 2.57. The molecule has 0 fully saturated rings. The fourth-order valence-corrected chi connectivity index (χ4v) is 3.45. The summed E-state index contributed by atoms with van der Waals surface area (Å²) in [5, 5.41) is 4.52. The van der Waals surface area contributed by atoms with Crippen LogP contribution in [-0.4, -0.2) is 11.6 Å². The van der Waals surface area contributed by atoms with Crippen LogP contribution in [-0.2, 0) is 13.1 Å². The van der Waals surface area contributed by atoms with E-state index in [9.17, 15) is 0 Å². The first-order valence-electron chi connectivity index (χ1n) is 6.24. The Hall–Kier alpha value is -1.29. The number of rotatable bonds is 4. The predicted octanol–water partition coefficient (Wildman–Crippen LogP) is 4.12. The third kappa shape index (κ3) is 2.54. The van der Waals surface area contributed by atoms with Gasteiger partial charge in [0.05, 0.1) is 10.9 Å². The Labute approximate surface area is 121 Å². The van der Waals surface area contributed by atoms with E-state index >= 15 is 0 Å². The van der Waals surface area contributed by atoms with Gasteiger partial charge < -0.3 is 9.88 Å². The first-order chi connectivity index (χ1) is 9.28. The second-order valence-electron chi connectivity index (χ2n) is 4.52. The van der Waals surface area contributed by atoms with Crippen molar-refractivity contribution in [3.05, 3.63) is 57.4 Å². The number of thiophene rings is 1. The van der Waals surface area contributed by atoms with Crippen molar-refractivity contribution in [3.63, 3.8) is 0 Å². The summed E-state index contributed by atoms with van der Waals surface area (Å²) in [5.74, 6) is 0. The summed E-state index contributed by atoms with van der Waals surface area (Å²) < 4.78 is 3.20. The zero-order valence-electron chi connectivity index (χ0n) is 10.7. The smallest absolute Gasteiger partial charge is 0.0931 e. The lowest BCUT2D eigenvalue weighted by atomic mass is 10.2. The first-order valence-corrected chi connectivity index (χ1v) is 7.43. The van der Waals surface area contributed by atoms with Crippen molar-refractivity contribution in [1.29, 1.82) is 0 Å². The third-order valence-corrected chi connectivity index (χ3v) is 4.41. The van der Waals surface area contributed by atoms with Crippen LogP contribution in [0.2, 0.25) is 4.34 Å². The summed E-state index contributed by atoms with van der Waals surface area (Å²) >= 11 is 7.66. The number of hydrogen-bond acceptors (Lipinski definition) is 2. The maximum Gasteiger partial charge on any atom is 0.0931 e. The SMILES string of the molecule is CNCc1cc2ccccc2n1Cc1ccc(Cl)s1. The topological polar surface area (TPSA) is 17.0 Å². The van der Waals surface area contributed by atoms with Crippen molar-refractivity contribution < 1.29 is 0 Å². The minimum absolute atomic E-state index is 0.849. The zero-order chi connectivity index (χ0) is 13.2. The number of para-hydroxylation sites is 1. The van der Waals surface area contributed by atoms with Crippen LogP contribution >= 0.6 is 22.9 Å². The number of fused-ring (bicyclic) bond motifs is 1. The predicted molar refractivity (Wildman–Crippen MR) is 83.1 cm³/mol. The molecular formula is C15H15ClN2S. The standard InChI is InChI=1S/C15H15ClN2S/c1-17-9-12-8-11-4-2-3-5-14(11)18(12)10-13-6-7-15(16)19-13/h2-8,17H,9-10H2,1H3. The Balaban J connectivity index is 2.06. The summed E-state index contributed by atoms with van der Waals surface area (Å²) in [6, 6.07) is 14.8. The largest absolute Gasteiger partial charge is 0.338 e. The van der Waals surface area contributed by atoms with Crippen molar-refractivity contribution in [2.75, 3.05) is 7.05 Å². The zero-order valence-corrected chi connectivity index (χ0v) is 12.3. The Morgan fingerprint density at radius 3 is 2.79 bits per heavy atom. The summed E-state index contributed by atoms with van der Waals surface area (Å²) in [4.78, 5) is 1.28. The Kier molecular flexibility index (Phi) is 3.60. The molecule has 0 aliphatic carbocycles. The maximum absolute atomic E-state index is 6.02. The van der Waals surface area contributed by atoms with Crippen LogP contribution in [0.15, 0.2) is 42.5 Å². The molecule has 0 saturated heterocycles. The lowest BCUT2D eigenvalue weighted by molar-refractivity contribution is 0.713. The molecule has 19 heavy (non-hydrogen) atoms. The van der Waals surface area contributed by atoms with Gasteiger partial charge in [-0.25, -0.2) is 0 Å². The van der Waals surface area contributed by atoms with Gasteiger partial charge in [0.25, 0.3) is 0 Å². The highest BCUT2D eigenvalue weighted by atomic mass is 35.5. The van der Waals surface area contributed by atoms with Gasteiger partial charge in [-0.1, -0.05) is 29.8 Å². The molecule has 0 aliphatic rings. The summed E-state index contributed by atoms with van der Waals surface area (Å²) in [6.45, 7) is 1.75. The van der Waals surface area contributed by atoms with Crippen molar-refractivity contribution >= 4 is 33.8 Å². The van der Waals surface area contributed by atoms with E-state index in [1.54, 1.807) is 11.3 Å². The molecule has 3 aromatic rings. The van der Waals surface area contributed by atoms with Gasteiger partial charge in [0.1, 0.15) is 0 Å². The number of nitrogens with zero attached hydrogens (tertiary/aromatic N) is 1. The highest BCUT2D eigenvalue weighted by Gasteiger charge is 2.09. The fourth-order valence-electron chi connectivity index (χ4n) is 2.37. The van der Waals surface area contributed by atoms with Gasteiger partial charge in [0.2, 0.25) is 0 Å². The van der Waals surface area contributed by atoms with E-state index in [0.29, 0.717) is 0 Å². The van der Waals surface area contributed by atoms with E-state index in [1.807, 2.05) is 13.1 Å². The summed E-state index contributed by atoms with van der Waals surface area (Å²) in [7, 11) is 1.98. The molecule has 2 heterocycles. The molecule has 0 bridgehead atoms. The average Bonchev–Trinajstić information content (AvgIpc) is 2.96. The Morgan fingerprint density at radius 1 is 1.21 bits per heavy atom. The molecule has 1 aromatic carbocycles. The maximum atomic E-state index is 6.02. The molecule has 98 valence electrons. The van der Waals surface area contributed by atoms with E-state index in [0.717, 1.165) is 17.4 Å². The lowest BCUT2D eigenvalue weighted by Crippen LogP contribution is -2.11. The molecule has 0 spiro atoms. The molecule has 2 nitrogen and oxygen atoms in total. The van der Waals surface area contributed by atoms with E-state index in [1.165, 1.54) is 21.5 Å². The monoisotopic (exact) mass is 290 g/mol. The van der Waals surface area contributed by atoms with Gasteiger partial charge in [-0.3, -0.25) is 0 Å². The number of aromatic nitrogens is 1. The molecule has 3 rings (SSSR count). The van der Waals surface area contributed by atoms with Gasteiger partial charge in [-0.15, -0.1) is 11.3 Å². The molecule has 0 aliphatic heterocycles. The Bertz CT molecular complexity index is 699. The molecule has 0 saturated carbocycles. The molecule has 0 amide bonds. The van der Waals surface area contributed by atoms with Crippen LogP contribution in [0.1, 0.15) is 10.6 Å². The van der Waals surface area contributed by atoms with Crippen LogP contribution in [0.5, 0.6) is 0 Å². The van der Waals surface area contributed by atoms with Gasteiger partial charge in [0.15, 0.2) is 0 Å². The van der Waals surface area contributed by atoms with Crippen molar-refractivity contribution in [3.8, 4) is 0 Å². The van der Waals surface area contributed by atoms with E-state index in [-0.39, 0.29) is 0 Å². The minimum atomic E-state index is 0.849. The van der Waals surface area contributed by atoms with Crippen molar-refractivity contribution in [2.45, 2.75) is 13.1 Å². The van der Waals surface area contributed by atoms with Gasteiger partial charge >= 0.3 is 0 Å². The van der Waals surface area contributed by atoms with E-state index in [2.05, 4.69) is 46.3 Å². The van der Waals surface area contributed by atoms with Crippen molar-refractivity contribution in [1.82, 2.24) is 9.88 Å². The first kappa shape index (κ1) is 12.7. The highest BCUT2D eigenvalue weighted by molar-refractivity contribution is 7.16. The number of halogens is 1. The van der Waals surface area contributed by atoms with Gasteiger partial charge in [-0.2, -0.15) is 0 Å². The Morgan fingerprint density at radius 2 is 2.05 bits per heavy atom. The van der Waals surface area contributed by atoms with Gasteiger partial charge in [-0.05, 0) is 36.7 Å². The van der Waals surface area contributed by atoms with E-state index < -0.39 is 0 Å². The molecular weight excluding hydrogens is 276 g/mol. The molecule has 0 atom stereocenters. The van der Waals surface area contributed by atoms with Crippen LogP contribution < -0.4 is 5.32 Å². The van der Waals surface area contributed by atoms with Crippen LogP contribution in [0.3, 0.4) is 0 Å². The molecule has 0 unspecified atom stereocenters. The van der Waals surface area contributed by atoms with Crippen LogP contribution in [0.25, 0.3) is 10.9 Å². The quantitative estimate of drug-likeness (QED) is 0.765. The number of hydrogen-bond donors (Lipinski definition) is 1. The fraction of sp³-hybridized carbons (Fsp3) is 0.200. The van der Waals surface area contributed by atoms with E-state index in [4.69, 9.17) is 11.6 Å². The number of benzene rings is 1. The third-order valence-electron chi connectivity index (χ3n) is 3.20. The summed E-state index contributed by atoms with van der Waals surface area (Å²) in [6.07, 6.45) is 0. The van der Waals surface area contributed by atoms with Crippen LogP contribution in [0, 0.1) is 0 Å². The molecule has 0 radical (unpaired) electrons. The normalized spacial score (nSPS) is 11.3. The molecule has 2 aromatic heterocycles. The van der Waals surface area contributed by atoms with Crippen molar-refractivity contribution in [2.24, 2.45) is 0 Å². The second kappa shape index (κ2) is 5.37. The lowest BCUT2D eigenvalue weighted by Gasteiger charge is -2.09. The molecule has 1 N–H and O–H groups in total. The highest BCUT2D eigenvalue weighted by Crippen LogP contribution is 2.26. The number of nitrogens with one attached hydrogen (secondary N) is 1. The van der Waals surface area contributed by atoms with Gasteiger partial charge in [0, 0.05) is 22.6 Å². The molecule has 4 heteroatoms. The minimum Gasteiger partial charge on any atom is -0.338 e. The van der Waals surface area contributed by atoms with Crippen LogP contribution in [0.4, 0.5) is 0 Å².